The van der Waals surface area contributed by atoms with Gasteiger partial charge in [-0.05, 0) is 107 Å². The highest BCUT2D eigenvalue weighted by Crippen LogP contribution is 2.49. The second kappa shape index (κ2) is 8.28. The molecule has 0 amide bonds. The van der Waals surface area contributed by atoms with Gasteiger partial charge in [0.15, 0.2) is 0 Å². The molecule has 0 nitrogen and oxygen atoms in total. The first-order chi connectivity index (χ1) is 19.9. The van der Waals surface area contributed by atoms with E-state index in [-0.39, 0.29) is 0 Å². The van der Waals surface area contributed by atoms with Gasteiger partial charge >= 0.3 is 0 Å². The summed E-state index contributed by atoms with van der Waals surface area (Å²) in [4.78, 5) is 0. The highest BCUT2D eigenvalue weighted by molar-refractivity contribution is 6.25. The SMILES string of the molecule is C1=Cc2ccc3c4c(c(-c5c6ccccc6c(-c6cccc7ccccc67)c6ccccc56)cc(c24)C1)C=CC3. The Morgan fingerprint density at radius 2 is 1.02 bits per heavy atom. The molecule has 0 unspecified atom stereocenters. The van der Waals surface area contributed by atoms with Crippen molar-refractivity contribution < 1.29 is 0 Å². The molecule has 0 saturated carbocycles. The van der Waals surface area contributed by atoms with Crippen LogP contribution in [-0.2, 0) is 12.8 Å². The average molecular weight is 507 g/mol. The maximum atomic E-state index is 2.50. The van der Waals surface area contributed by atoms with E-state index in [1.165, 1.54) is 87.6 Å². The first-order valence-corrected chi connectivity index (χ1v) is 14.2. The molecule has 7 aromatic rings. The minimum atomic E-state index is 0.980. The van der Waals surface area contributed by atoms with Crippen LogP contribution in [0, 0.1) is 0 Å². The molecular weight excluding hydrogens is 480 g/mol. The van der Waals surface area contributed by atoms with Gasteiger partial charge in [-0.3, -0.25) is 0 Å². The summed E-state index contributed by atoms with van der Waals surface area (Å²) >= 11 is 0. The van der Waals surface area contributed by atoms with Gasteiger partial charge in [0, 0.05) is 0 Å². The summed E-state index contributed by atoms with van der Waals surface area (Å²) in [5.41, 5.74) is 10.9. The molecule has 0 bridgehead atoms. The Labute approximate surface area is 233 Å². The fourth-order valence-electron chi connectivity index (χ4n) is 7.39. The standard InChI is InChI=1S/C40H26/c1-2-15-29-25(10-1)11-8-20-30(29)39-31-16-3-5-18-33(31)40(34-19-6-4-17-32(34)39)36-24-28-14-7-12-26-22-23-27-13-9-21-35(36)38(27)37(26)28/h1-12,15-24H,13-14H2. The van der Waals surface area contributed by atoms with Gasteiger partial charge in [-0.15, -0.1) is 0 Å². The molecule has 0 spiro atoms. The third-order valence-electron chi connectivity index (χ3n) is 9.04. The molecule has 186 valence electrons. The Morgan fingerprint density at radius 1 is 0.425 bits per heavy atom. The summed E-state index contributed by atoms with van der Waals surface area (Å²) in [6.45, 7) is 0. The van der Waals surface area contributed by atoms with Gasteiger partial charge in [-0.1, -0.05) is 127 Å². The largest absolute Gasteiger partial charge is 0.0795 e. The first kappa shape index (κ1) is 21.9. The second-order valence-electron chi connectivity index (χ2n) is 11.1. The molecule has 2 aliphatic carbocycles. The summed E-state index contributed by atoms with van der Waals surface area (Å²) in [6.07, 6.45) is 11.3. The summed E-state index contributed by atoms with van der Waals surface area (Å²) in [5, 5.41) is 10.7. The Kier molecular flexibility index (Phi) is 4.54. The van der Waals surface area contributed by atoms with E-state index in [0.29, 0.717) is 0 Å². The van der Waals surface area contributed by atoms with Crippen LogP contribution in [0.5, 0.6) is 0 Å². The van der Waals surface area contributed by atoms with Crippen molar-refractivity contribution in [3.63, 3.8) is 0 Å². The smallest absolute Gasteiger partial charge is 0.00200 e. The lowest BCUT2D eigenvalue weighted by molar-refractivity contribution is 1.25. The minimum Gasteiger partial charge on any atom is -0.0795 e. The minimum absolute atomic E-state index is 0.980. The van der Waals surface area contributed by atoms with Gasteiger partial charge < -0.3 is 0 Å². The zero-order valence-corrected chi connectivity index (χ0v) is 22.1. The lowest BCUT2D eigenvalue weighted by Crippen LogP contribution is -2.03. The number of hydrogen-bond acceptors (Lipinski definition) is 0. The molecule has 0 saturated heterocycles. The molecule has 0 heteroatoms. The predicted octanol–water partition coefficient (Wildman–Crippen LogP) is 10.8. The molecule has 2 aliphatic rings. The van der Waals surface area contributed by atoms with E-state index in [2.05, 4.69) is 133 Å². The molecule has 0 fully saturated rings. The Hall–Kier alpha value is -4.94. The van der Waals surface area contributed by atoms with Gasteiger partial charge in [0.05, 0.1) is 0 Å². The topological polar surface area (TPSA) is 0 Å². The van der Waals surface area contributed by atoms with Crippen LogP contribution in [0.3, 0.4) is 0 Å². The van der Waals surface area contributed by atoms with E-state index >= 15 is 0 Å². The third-order valence-corrected chi connectivity index (χ3v) is 9.04. The maximum absolute atomic E-state index is 2.50. The van der Waals surface area contributed by atoms with Gasteiger partial charge in [-0.25, -0.2) is 0 Å². The van der Waals surface area contributed by atoms with Crippen LogP contribution < -0.4 is 0 Å². The Morgan fingerprint density at radius 3 is 1.77 bits per heavy atom. The highest BCUT2D eigenvalue weighted by atomic mass is 14.3. The molecule has 9 rings (SSSR count). The van der Waals surface area contributed by atoms with Crippen LogP contribution in [0.4, 0.5) is 0 Å². The number of benzene rings is 7. The fourth-order valence-corrected chi connectivity index (χ4v) is 7.39. The molecular formula is C40H26. The number of allylic oxidation sites excluding steroid dienone is 2. The van der Waals surface area contributed by atoms with Crippen LogP contribution in [0.15, 0.2) is 121 Å². The normalized spacial score (nSPS) is 13.6. The van der Waals surface area contributed by atoms with Crippen LogP contribution >= 0.6 is 0 Å². The van der Waals surface area contributed by atoms with Crippen LogP contribution in [0.1, 0.15) is 22.3 Å². The summed E-state index contributed by atoms with van der Waals surface area (Å²) in [7, 11) is 0. The number of rotatable bonds is 2. The number of fused-ring (bicyclic) bond motifs is 3. The van der Waals surface area contributed by atoms with Crippen molar-refractivity contribution in [1.29, 1.82) is 0 Å². The lowest BCUT2D eigenvalue weighted by Gasteiger charge is -2.25. The van der Waals surface area contributed by atoms with Crippen molar-refractivity contribution in [2.75, 3.05) is 0 Å². The zero-order valence-electron chi connectivity index (χ0n) is 22.1. The number of hydrogen-bond donors (Lipinski definition) is 0. The predicted molar refractivity (Wildman–Crippen MR) is 173 cm³/mol. The molecule has 40 heavy (non-hydrogen) atoms. The van der Waals surface area contributed by atoms with E-state index < -0.39 is 0 Å². The molecule has 0 atom stereocenters. The van der Waals surface area contributed by atoms with E-state index in [1.807, 2.05) is 0 Å². The molecule has 0 aliphatic heterocycles. The fraction of sp³-hybridized carbons (Fsp3) is 0.0500. The van der Waals surface area contributed by atoms with E-state index in [4.69, 9.17) is 0 Å². The summed E-state index contributed by atoms with van der Waals surface area (Å²) in [5.74, 6) is 0. The maximum Gasteiger partial charge on any atom is -0.00200 e. The van der Waals surface area contributed by atoms with Crippen LogP contribution in [-0.4, -0.2) is 0 Å². The lowest BCUT2D eigenvalue weighted by atomic mass is 9.78. The third kappa shape index (κ3) is 2.96. The summed E-state index contributed by atoms with van der Waals surface area (Å²) < 4.78 is 0. The van der Waals surface area contributed by atoms with E-state index in [1.54, 1.807) is 0 Å². The van der Waals surface area contributed by atoms with Crippen LogP contribution in [0.2, 0.25) is 0 Å². The highest BCUT2D eigenvalue weighted by Gasteiger charge is 2.24. The zero-order chi connectivity index (χ0) is 26.2. The van der Waals surface area contributed by atoms with Crippen LogP contribution in [0.25, 0.3) is 77.5 Å². The van der Waals surface area contributed by atoms with Crippen molar-refractivity contribution in [1.82, 2.24) is 0 Å². The Balaban J connectivity index is 1.48. The van der Waals surface area contributed by atoms with Gasteiger partial charge in [-0.2, -0.15) is 0 Å². The quantitative estimate of drug-likeness (QED) is 0.205. The second-order valence-corrected chi connectivity index (χ2v) is 11.1. The molecule has 0 radical (unpaired) electrons. The summed E-state index contributed by atoms with van der Waals surface area (Å²) in [6, 6.07) is 40.7. The Bertz CT molecular complexity index is 2200. The van der Waals surface area contributed by atoms with Crippen molar-refractivity contribution in [3.05, 3.63) is 144 Å². The first-order valence-electron chi connectivity index (χ1n) is 14.2. The molecule has 7 aromatic carbocycles. The van der Waals surface area contributed by atoms with E-state index in [9.17, 15) is 0 Å². The van der Waals surface area contributed by atoms with Gasteiger partial charge in [0.25, 0.3) is 0 Å². The average Bonchev–Trinajstić information content (AvgIpc) is 3.02. The van der Waals surface area contributed by atoms with Crippen molar-refractivity contribution in [2.45, 2.75) is 12.8 Å². The molecule has 0 aromatic heterocycles. The van der Waals surface area contributed by atoms with E-state index in [0.717, 1.165) is 12.8 Å². The molecule has 0 heterocycles. The van der Waals surface area contributed by atoms with Crippen molar-refractivity contribution in [3.8, 4) is 22.3 Å². The van der Waals surface area contributed by atoms with Gasteiger partial charge in [0.1, 0.15) is 0 Å². The van der Waals surface area contributed by atoms with Crippen molar-refractivity contribution in [2.24, 2.45) is 0 Å². The van der Waals surface area contributed by atoms with Gasteiger partial charge in [0.2, 0.25) is 0 Å². The van der Waals surface area contributed by atoms with Crippen molar-refractivity contribution >= 4 is 55.2 Å². The molecule has 0 N–H and O–H groups in total. The monoisotopic (exact) mass is 506 g/mol.